The molecule has 7 nitrogen and oxygen atoms in total. The number of hydrogen-bond acceptors (Lipinski definition) is 4. The van der Waals surface area contributed by atoms with Crippen molar-refractivity contribution in [3.8, 4) is 5.75 Å². The molecule has 31 heavy (non-hydrogen) atoms. The van der Waals surface area contributed by atoms with Gasteiger partial charge in [0.1, 0.15) is 11.4 Å². The molecule has 0 aliphatic carbocycles. The van der Waals surface area contributed by atoms with Crippen LogP contribution in [0.5, 0.6) is 5.75 Å². The lowest BCUT2D eigenvalue weighted by Gasteiger charge is -2.32. The molecule has 0 saturated carbocycles. The van der Waals surface area contributed by atoms with Gasteiger partial charge in [0, 0.05) is 30.1 Å². The second-order valence-corrected chi connectivity index (χ2v) is 7.60. The van der Waals surface area contributed by atoms with Crippen molar-refractivity contribution in [1.82, 2.24) is 15.2 Å². The Balaban J connectivity index is 1.35. The molecule has 160 valence electrons. The zero-order valence-electron chi connectivity index (χ0n) is 17.4. The molecule has 0 radical (unpaired) electrons. The Morgan fingerprint density at radius 3 is 2.52 bits per heavy atom. The van der Waals surface area contributed by atoms with Gasteiger partial charge >= 0.3 is 0 Å². The average Bonchev–Trinajstić information content (AvgIpc) is 2.80. The molecule has 1 aliphatic rings. The highest BCUT2D eigenvalue weighted by Crippen LogP contribution is 2.18. The first kappa shape index (κ1) is 20.7. The number of H-pyrrole nitrogens is 1. The minimum atomic E-state index is -0.306. The van der Waals surface area contributed by atoms with Crippen molar-refractivity contribution < 1.29 is 14.3 Å². The van der Waals surface area contributed by atoms with Crippen molar-refractivity contribution in [2.75, 3.05) is 19.7 Å². The number of rotatable bonds is 5. The van der Waals surface area contributed by atoms with Gasteiger partial charge in [0.05, 0.1) is 6.61 Å². The third-order valence-electron chi connectivity index (χ3n) is 5.53. The molecule has 3 aromatic rings. The highest BCUT2D eigenvalue weighted by molar-refractivity contribution is 5.96. The lowest BCUT2D eigenvalue weighted by molar-refractivity contribution is 0.0697. The van der Waals surface area contributed by atoms with E-state index in [9.17, 15) is 14.4 Å². The van der Waals surface area contributed by atoms with Crippen LogP contribution in [0.15, 0.2) is 59.4 Å². The predicted molar refractivity (Wildman–Crippen MR) is 119 cm³/mol. The van der Waals surface area contributed by atoms with Crippen LogP contribution in [0.3, 0.4) is 0 Å². The molecule has 1 saturated heterocycles. The van der Waals surface area contributed by atoms with Crippen molar-refractivity contribution in [1.29, 1.82) is 0 Å². The van der Waals surface area contributed by atoms with Gasteiger partial charge in [0.25, 0.3) is 17.4 Å². The maximum absolute atomic E-state index is 12.7. The number of nitrogens with zero attached hydrogens (tertiary/aromatic N) is 1. The van der Waals surface area contributed by atoms with Crippen LogP contribution in [0.25, 0.3) is 10.8 Å². The van der Waals surface area contributed by atoms with Crippen LogP contribution in [0.4, 0.5) is 0 Å². The van der Waals surface area contributed by atoms with E-state index in [0.717, 1.165) is 11.1 Å². The molecule has 2 N–H and O–H groups in total. The smallest absolute Gasteiger partial charge is 0.268 e. The Kier molecular flexibility index (Phi) is 6.02. The molecule has 0 bridgehead atoms. The topological polar surface area (TPSA) is 91.5 Å². The van der Waals surface area contributed by atoms with E-state index in [1.54, 1.807) is 47.4 Å². The number of piperidine rings is 1. The zero-order chi connectivity index (χ0) is 21.8. The summed E-state index contributed by atoms with van der Waals surface area (Å²) in [4.78, 5) is 42.1. The number of aromatic nitrogens is 1. The molecule has 1 aliphatic heterocycles. The van der Waals surface area contributed by atoms with Crippen LogP contribution in [0, 0.1) is 0 Å². The minimum Gasteiger partial charge on any atom is -0.494 e. The molecule has 4 rings (SSSR count). The number of aromatic amines is 1. The summed E-state index contributed by atoms with van der Waals surface area (Å²) in [5.74, 6) is 0.415. The molecule has 1 aromatic heterocycles. The number of fused-ring (bicyclic) bond motifs is 1. The molecule has 0 atom stereocenters. The Bertz CT molecular complexity index is 1150. The monoisotopic (exact) mass is 419 g/mol. The number of carbonyl (C=O) groups is 2. The van der Waals surface area contributed by atoms with Crippen molar-refractivity contribution in [3.63, 3.8) is 0 Å². The van der Waals surface area contributed by atoms with Gasteiger partial charge in [-0.05, 0) is 61.5 Å². The number of pyridine rings is 1. The molecule has 2 aromatic carbocycles. The number of ether oxygens (including phenoxy) is 1. The highest BCUT2D eigenvalue weighted by Gasteiger charge is 2.25. The molecule has 7 heteroatoms. The lowest BCUT2D eigenvalue weighted by atomic mass is 10.0. The van der Waals surface area contributed by atoms with Crippen LogP contribution in [-0.4, -0.2) is 47.4 Å². The number of likely N-dealkylation sites (tertiary alicyclic amines) is 1. The van der Waals surface area contributed by atoms with Crippen molar-refractivity contribution in [2.45, 2.75) is 25.8 Å². The highest BCUT2D eigenvalue weighted by atomic mass is 16.5. The quantitative estimate of drug-likeness (QED) is 0.665. The van der Waals surface area contributed by atoms with Crippen LogP contribution in [0.1, 0.15) is 40.6 Å². The van der Waals surface area contributed by atoms with Gasteiger partial charge in [-0.25, -0.2) is 0 Å². The summed E-state index contributed by atoms with van der Waals surface area (Å²) in [6.07, 6.45) is 1.32. The molecular weight excluding hydrogens is 394 g/mol. The Morgan fingerprint density at radius 2 is 1.81 bits per heavy atom. The number of carbonyl (C=O) groups excluding carboxylic acids is 2. The van der Waals surface area contributed by atoms with Gasteiger partial charge in [-0.2, -0.15) is 0 Å². The molecule has 2 heterocycles. The van der Waals surface area contributed by atoms with Gasteiger partial charge in [-0.15, -0.1) is 0 Å². The second-order valence-electron chi connectivity index (χ2n) is 7.60. The number of nitrogens with one attached hydrogen (secondary N) is 2. The van der Waals surface area contributed by atoms with E-state index in [1.807, 2.05) is 19.1 Å². The Labute approximate surface area is 180 Å². The predicted octanol–water partition coefficient (Wildman–Crippen LogP) is 2.96. The summed E-state index contributed by atoms with van der Waals surface area (Å²) in [6.45, 7) is 3.62. The molecule has 0 spiro atoms. The minimum absolute atomic E-state index is 0.0216. The van der Waals surface area contributed by atoms with Gasteiger partial charge in [0.15, 0.2) is 0 Å². The van der Waals surface area contributed by atoms with E-state index >= 15 is 0 Å². The molecular formula is C24H25N3O4. The molecule has 0 unspecified atom stereocenters. The fourth-order valence-electron chi connectivity index (χ4n) is 3.87. The van der Waals surface area contributed by atoms with Crippen LogP contribution < -0.4 is 15.6 Å². The van der Waals surface area contributed by atoms with Gasteiger partial charge in [-0.3, -0.25) is 14.4 Å². The van der Waals surface area contributed by atoms with E-state index in [1.165, 1.54) is 0 Å². The van der Waals surface area contributed by atoms with Crippen molar-refractivity contribution >= 4 is 22.6 Å². The summed E-state index contributed by atoms with van der Waals surface area (Å²) >= 11 is 0. The van der Waals surface area contributed by atoms with Gasteiger partial charge in [0.2, 0.25) is 0 Å². The van der Waals surface area contributed by atoms with Crippen LogP contribution >= 0.6 is 0 Å². The summed E-state index contributed by atoms with van der Waals surface area (Å²) in [5.41, 5.74) is 0.593. The fraction of sp³-hybridized carbons (Fsp3) is 0.292. The lowest BCUT2D eigenvalue weighted by Crippen LogP contribution is -2.46. The SMILES string of the molecule is CCOc1ccc(C(=O)N2CCC(NC(=O)c3cc4ccccc4c(=O)[nH]3)CC2)cc1. The summed E-state index contributed by atoms with van der Waals surface area (Å²) in [5, 5.41) is 4.27. The van der Waals surface area contributed by atoms with E-state index in [4.69, 9.17) is 4.74 Å². The number of benzene rings is 2. The number of hydrogen-bond donors (Lipinski definition) is 2. The first-order valence-electron chi connectivity index (χ1n) is 10.5. The van der Waals surface area contributed by atoms with Crippen LogP contribution in [0.2, 0.25) is 0 Å². The Morgan fingerprint density at radius 1 is 1.10 bits per heavy atom. The standard InChI is InChI=1S/C24H25N3O4/c1-2-31-19-9-7-16(8-10-19)24(30)27-13-11-18(12-14-27)25-23(29)21-15-17-5-3-4-6-20(17)22(28)26-21/h3-10,15,18H,2,11-14H2,1H3,(H,25,29)(H,26,28). The van der Waals surface area contributed by atoms with E-state index in [0.29, 0.717) is 43.5 Å². The van der Waals surface area contributed by atoms with Gasteiger partial charge in [-0.1, -0.05) is 18.2 Å². The maximum atomic E-state index is 12.7. The van der Waals surface area contributed by atoms with Crippen molar-refractivity contribution in [2.24, 2.45) is 0 Å². The average molecular weight is 419 g/mol. The van der Waals surface area contributed by atoms with E-state index in [-0.39, 0.29) is 29.1 Å². The second kappa shape index (κ2) is 9.04. The first-order chi connectivity index (χ1) is 15.0. The summed E-state index contributed by atoms with van der Waals surface area (Å²) in [7, 11) is 0. The maximum Gasteiger partial charge on any atom is 0.268 e. The Hall–Kier alpha value is -3.61. The van der Waals surface area contributed by atoms with E-state index < -0.39 is 0 Å². The van der Waals surface area contributed by atoms with E-state index in [2.05, 4.69) is 10.3 Å². The zero-order valence-corrected chi connectivity index (χ0v) is 17.4. The molecule has 1 fully saturated rings. The molecule has 2 amide bonds. The normalized spacial score (nSPS) is 14.4. The fourth-order valence-corrected chi connectivity index (χ4v) is 3.87. The third kappa shape index (κ3) is 4.60. The van der Waals surface area contributed by atoms with Gasteiger partial charge < -0.3 is 19.9 Å². The van der Waals surface area contributed by atoms with Crippen LogP contribution in [-0.2, 0) is 0 Å². The summed E-state index contributed by atoms with van der Waals surface area (Å²) < 4.78 is 5.42. The largest absolute Gasteiger partial charge is 0.494 e. The first-order valence-corrected chi connectivity index (χ1v) is 10.5. The summed E-state index contributed by atoms with van der Waals surface area (Å²) in [6, 6.07) is 16.0. The third-order valence-corrected chi connectivity index (χ3v) is 5.53. The van der Waals surface area contributed by atoms with Crippen molar-refractivity contribution in [3.05, 3.63) is 76.2 Å². The number of amides is 2.